The van der Waals surface area contributed by atoms with E-state index in [9.17, 15) is 0 Å². The highest BCUT2D eigenvalue weighted by Crippen LogP contribution is 2.55. The molecule has 0 radical (unpaired) electrons. The molecule has 1 N–H and O–H groups in total. The summed E-state index contributed by atoms with van der Waals surface area (Å²) in [7, 11) is 0.775. The highest BCUT2D eigenvalue weighted by molar-refractivity contribution is 7.26. The molecule has 0 spiro atoms. The molecule has 9 aromatic rings. The van der Waals surface area contributed by atoms with Gasteiger partial charge in [0.25, 0.3) is 0 Å². The number of thiophene rings is 1. The summed E-state index contributed by atoms with van der Waals surface area (Å²) < 4.78 is 9.97. The molecule has 2 aromatic heterocycles. The molecular weight excluding hydrogens is 892 g/mol. The molecule has 0 amide bonds. The van der Waals surface area contributed by atoms with Gasteiger partial charge in [-0.1, -0.05) is 132 Å². The Balaban J connectivity index is 1.15. The Morgan fingerprint density at radius 2 is 1.06 bits per heavy atom. The lowest BCUT2D eigenvalue weighted by Crippen LogP contribution is -2.42. The topological polar surface area (TPSA) is 28.4 Å². The van der Waals surface area contributed by atoms with E-state index in [2.05, 4.69) is 209 Å². The Morgan fingerprint density at radius 1 is 0.486 bits per heavy atom. The molecule has 0 unspecified atom stereocenters. The van der Waals surface area contributed by atoms with Crippen LogP contribution in [0, 0.1) is 6.92 Å². The molecule has 0 saturated carbocycles. The minimum absolute atomic E-state index is 0.00722. The first kappa shape index (κ1) is 46.0. The van der Waals surface area contributed by atoms with Crippen molar-refractivity contribution in [2.75, 3.05) is 10.2 Å². The fourth-order valence-corrected chi connectivity index (χ4v) is 15.2. The van der Waals surface area contributed by atoms with Crippen molar-refractivity contribution in [3.8, 4) is 11.1 Å². The van der Waals surface area contributed by atoms with E-state index >= 15 is 0 Å². The molecule has 0 saturated heterocycles. The lowest BCUT2D eigenvalue weighted by Gasteiger charge is -2.44. The van der Waals surface area contributed by atoms with E-state index in [1.54, 1.807) is 0 Å². The van der Waals surface area contributed by atoms with Crippen molar-refractivity contribution in [3.05, 3.63) is 148 Å². The summed E-state index contributed by atoms with van der Waals surface area (Å²) in [5.74, 6) is 0. The van der Waals surface area contributed by atoms with Gasteiger partial charge in [0.15, 0.2) is 12.9 Å². The predicted octanol–water partition coefficient (Wildman–Crippen LogP) is 17.9. The van der Waals surface area contributed by atoms with Crippen LogP contribution in [-0.2, 0) is 32.5 Å². The van der Waals surface area contributed by atoms with Crippen molar-refractivity contribution in [2.24, 2.45) is 0 Å². The van der Waals surface area contributed by atoms with Crippen LogP contribution in [-0.4, -0.2) is 7.28 Å². The van der Waals surface area contributed by atoms with Crippen LogP contribution in [0.2, 0.25) is 0 Å². The first-order valence-corrected chi connectivity index (χ1v) is 27.8. The zero-order valence-corrected chi connectivity index (χ0v) is 45.9. The molecule has 0 fully saturated rings. The van der Waals surface area contributed by atoms with E-state index in [1.807, 2.05) is 11.3 Å². The molecule has 1 aliphatic heterocycles. The Labute approximate surface area is 432 Å². The highest BCUT2D eigenvalue weighted by atomic mass is 32.1. The molecule has 72 heavy (non-hydrogen) atoms. The number of hydrogen-bond donors (Lipinski definition) is 1. The van der Waals surface area contributed by atoms with Gasteiger partial charge in [0, 0.05) is 48.5 Å². The normalized spacial score (nSPS) is 19.6. The van der Waals surface area contributed by atoms with Gasteiger partial charge in [-0.25, -0.2) is 0 Å². The Kier molecular flexibility index (Phi) is 9.69. The Morgan fingerprint density at radius 3 is 1.74 bits per heavy atom. The van der Waals surface area contributed by atoms with Gasteiger partial charge in [0.1, 0.15) is 5.58 Å². The summed E-state index contributed by atoms with van der Waals surface area (Å²) >= 11 is 1.92. The number of nitrogens with zero attached hydrogens (tertiary/aromatic N) is 1. The van der Waals surface area contributed by atoms with Gasteiger partial charge in [0.05, 0.1) is 5.69 Å². The Bertz CT molecular complexity index is 3800. The predicted molar refractivity (Wildman–Crippen MR) is 313 cm³/mol. The van der Waals surface area contributed by atoms with Gasteiger partial charge >= 0.3 is 0 Å². The van der Waals surface area contributed by atoms with Crippen LogP contribution in [0.1, 0.15) is 161 Å². The van der Waals surface area contributed by atoms with Crippen LogP contribution in [0.3, 0.4) is 0 Å². The summed E-state index contributed by atoms with van der Waals surface area (Å²) in [5, 5.41) is 9.25. The maximum Gasteiger partial charge on any atom is 0.199 e. The first-order chi connectivity index (χ1) is 34.0. The number of anilines is 5. The third-order valence-corrected chi connectivity index (χ3v) is 20.2. The van der Waals surface area contributed by atoms with Gasteiger partial charge in [-0.15, -0.1) is 11.3 Å². The molecule has 3 nitrogen and oxygen atoms in total. The van der Waals surface area contributed by atoms with Gasteiger partial charge in [-0.05, 0) is 205 Å². The second-order valence-corrected chi connectivity index (χ2v) is 27.7. The average molecular weight is 963 g/mol. The zero-order chi connectivity index (χ0) is 50.2. The number of aryl methyl sites for hydroxylation is 1. The van der Waals surface area contributed by atoms with Crippen molar-refractivity contribution in [1.82, 2.24) is 0 Å². The van der Waals surface area contributed by atoms with Crippen molar-refractivity contribution >= 4 is 100 Å². The van der Waals surface area contributed by atoms with Crippen molar-refractivity contribution in [2.45, 2.75) is 161 Å². The molecule has 3 heterocycles. The smallest absolute Gasteiger partial charge is 0.199 e. The standard InChI is InChI=1S/C67H71BN2OS/c1-38-32-46-50(67(12,13)31-28-63(46,4)5)37-53(38)70-52-24-25-56-57(41-19-15-17-21-55(41)72-56)59(52)68-58-43(34-44-40-18-14-16-20-54(40)71-61(44)60(58)70)42-35-48-49(66(10,11)30-29-65(48,8)9)36-51(42)69-39-22-23-45-47(33-39)64(6,7)27-26-62(45,2)3/h14-25,32-37,68-69H,26-31H2,1-13H3. The van der Waals surface area contributed by atoms with E-state index in [4.69, 9.17) is 4.42 Å². The number of para-hydroxylation sites is 1. The SMILES string of the molecule is Cc1cc2c(cc1N1c3ccc4sc5ccccc5c4c3Bc3c(-c4cc5c(cc4Nc4ccc6c(c4)C(C)(C)CCC6(C)C)C(C)(C)CCC5(C)C)cc4c(oc5ccccc54)c31)C(C)(C)CCC2(C)C. The molecular formula is C67H71BN2OS. The summed E-state index contributed by atoms with van der Waals surface area (Å²) in [5.41, 5.74) is 23.6. The number of hydrogen-bond acceptors (Lipinski definition) is 4. The molecule has 0 atom stereocenters. The molecule has 7 aromatic carbocycles. The minimum Gasteiger partial charge on any atom is -0.454 e. The maximum absolute atomic E-state index is 7.29. The molecule has 364 valence electrons. The molecule has 13 rings (SSSR count). The van der Waals surface area contributed by atoms with Crippen LogP contribution in [0.25, 0.3) is 53.2 Å². The number of nitrogens with one attached hydrogen (secondary N) is 1. The highest BCUT2D eigenvalue weighted by Gasteiger charge is 2.43. The zero-order valence-electron chi connectivity index (χ0n) is 45.1. The van der Waals surface area contributed by atoms with Crippen LogP contribution in [0.5, 0.6) is 0 Å². The van der Waals surface area contributed by atoms with Gasteiger partial charge in [0.2, 0.25) is 0 Å². The average Bonchev–Trinajstić information content (AvgIpc) is 3.91. The third kappa shape index (κ3) is 6.74. The number of fused-ring (bicyclic) bond motifs is 13. The lowest BCUT2D eigenvalue weighted by atomic mass is 9.56. The number of benzene rings is 7. The van der Waals surface area contributed by atoms with Crippen LogP contribution in [0.4, 0.5) is 28.4 Å². The van der Waals surface area contributed by atoms with E-state index < -0.39 is 0 Å². The maximum atomic E-state index is 7.29. The summed E-state index contributed by atoms with van der Waals surface area (Å²) in [6.07, 6.45) is 7.01. The van der Waals surface area contributed by atoms with Crippen LogP contribution < -0.4 is 21.1 Å². The second kappa shape index (κ2) is 15.2. The van der Waals surface area contributed by atoms with E-state index in [0.29, 0.717) is 0 Å². The molecule has 3 aliphatic carbocycles. The van der Waals surface area contributed by atoms with Crippen LogP contribution in [0.15, 0.2) is 114 Å². The monoisotopic (exact) mass is 963 g/mol. The van der Waals surface area contributed by atoms with Gasteiger partial charge in [-0.3, -0.25) is 0 Å². The fraction of sp³-hybridized carbons (Fsp3) is 0.373. The molecule has 4 aliphatic rings. The van der Waals surface area contributed by atoms with Crippen molar-refractivity contribution in [1.29, 1.82) is 0 Å². The minimum atomic E-state index is 0.00722. The quantitative estimate of drug-likeness (QED) is 0.178. The largest absolute Gasteiger partial charge is 0.454 e. The fourth-order valence-electron chi connectivity index (χ4n) is 14.1. The van der Waals surface area contributed by atoms with E-state index in [1.165, 1.54) is 123 Å². The number of rotatable bonds is 4. The van der Waals surface area contributed by atoms with Gasteiger partial charge in [-0.2, -0.15) is 0 Å². The lowest BCUT2D eigenvalue weighted by molar-refractivity contribution is 0.332. The molecule has 5 heteroatoms. The summed E-state index contributed by atoms with van der Waals surface area (Å²) in [4.78, 5) is 2.66. The van der Waals surface area contributed by atoms with Crippen molar-refractivity contribution in [3.63, 3.8) is 0 Å². The van der Waals surface area contributed by atoms with E-state index in [-0.39, 0.29) is 32.5 Å². The van der Waals surface area contributed by atoms with Crippen LogP contribution >= 0.6 is 11.3 Å². The summed E-state index contributed by atoms with van der Waals surface area (Å²) in [6, 6.07) is 42.8. The van der Waals surface area contributed by atoms with Crippen molar-refractivity contribution < 1.29 is 4.42 Å². The van der Waals surface area contributed by atoms with E-state index in [0.717, 1.165) is 54.2 Å². The van der Waals surface area contributed by atoms with Gasteiger partial charge < -0.3 is 14.6 Å². The molecule has 0 bridgehead atoms. The summed E-state index contributed by atoms with van der Waals surface area (Å²) in [6.45, 7) is 31.8. The first-order valence-electron chi connectivity index (χ1n) is 27.0. The second-order valence-electron chi connectivity index (χ2n) is 26.6. The number of furan rings is 1. The third-order valence-electron chi connectivity index (χ3n) is 19.0. The Hall–Kier alpha value is -5.78.